The minimum absolute atomic E-state index is 0.638. The van der Waals surface area contributed by atoms with Gasteiger partial charge in [-0.1, -0.05) is 66.2 Å². The van der Waals surface area contributed by atoms with Crippen LogP contribution in [-0.2, 0) is 13.0 Å². The summed E-state index contributed by atoms with van der Waals surface area (Å²) in [6.07, 6.45) is 1.74. The SMILES string of the molecule is O=Cc1c2ccccc2c(Cl)n1CCc1ccccc1. The molecule has 0 unspecified atom stereocenters. The lowest BCUT2D eigenvalue weighted by Gasteiger charge is -2.07. The molecule has 3 heteroatoms. The molecule has 0 aliphatic heterocycles. The van der Waals surface area contributed by atoms with Gasteiger partial charge in [0.1, 0.15) is 5.15 Å². The van der Waals surface area contributed by atoms with E-state index in [4.69, 9.17) is 11.6 Å². The normalized spacial score (nSPS) is 10.8. The summed E-state index contributed by atoms with van der Waals surface area (Å²) >= 11 is 6.41. The van der Waals surface area contributed by atoms with Crippen LogP contribution in [0.25, 0.3) is 10.8 Å². The van der Waals surface area contributed by atoms with Crippen LogP contribution in [0.5, 0.6) is 0 Å². The molecule has 0 N–H and O–H groups in total. The van der Waals surface area contributed by atoms with Crippen molar-refractivity contribution in [3.05, 3.63) is 71.0 Å². The number of hydrogen-bond donors (Lipinski definition) is 0. The first-order valence-corrected chi connectivity index (χ1v) is 6.95. The molecular weight excluding hydrogens is 270 g/mol. The van der Waals surface area contributed by atoms with Crippen LogP contribution in [-0.4, -0.2) is 10.9 Å². The van der Waals surface area contributed by atoms with Crippen LogP contribution in [0.4, 0.5) is 0 Å². The van der Waals surface area contributed by atoms with E-state index in [0.29, 0.717) is 17.4 Å². The molecule has 2 aromatic carbocycles. The number of aryl methyl sites for hydroxylation is 1. The molecule has 0 atom stereocenters. The minimum Gasteiger partial charge on any atom is -0.328 e. The van der Waals surface area contributed by atoms with Crippen molar-refractivity contribution < 1.29 is 4.79 Å². The number of carbonyl (C=O) groups excluding carboxylic acids is 1. The maximum atomic E-state index is 11.4. The van der Waals surface area contributed by atoms with Gasteiger partial charge in [-0.2, -0.15) is 0 Å². The number of fused-ring (bicyclic) bond motifs is 1. The number of aldehydes is 1. The van der Waals surface area contributed by atoms with Crippen molar-refractivity contribution in [1.82, 2.24) is 4.57 Å². The van der Waals surface area contributed by atoms with E-state index in [0.717, 1.165) is 23.5 Å². The summed E-state index contributed by atoms with van der Waals surface area (Å²) in [5, 5.41) is 2.49. The fourth-order valence-corrected chi connectivity index (χ4v) is 2.85. The van der Waals surface area contributed by atoms with Crippen LogP contribution in [0.15, 0.2) is 54.6 Å². The van der Waals surface area contributed by atoms with Crippen molar-refractivity contribution in [2.24, 2.45) is 0 Å². The molecule has 0 spiro atoms. The molecule has 0 aliphatic carbocycles. The Bertz CT molecular complexity index is 746. The summed E-state index contributed by atoms with van der Waals surface area (Å²) in [5.74, 6) is 0. The van der Waals surface area contributed by atoms with Gasteiger partial charge >= 0.3 is 0 Å². The zero-order valence-electron chi connectivity index (χ0n) is 10.9. The number of aromatic nitrogens is 1. The van der Waals surface area contributed by atoms with Gasteiger partial charge in [-0.05, 0) is 12.0 Å². The second-order valence-corrected chi connectivity index (χ2v) is 5.08. The van der Waals surface area contributed by atoms with Crippen molar-refractivity contribution in [1.29, 1.82) is 0 Å². The summed E-state index contributed by atoms with van der Waals surface area (Å²) in [5.41, 5.74) is 1.89. The van der Waals surface area contributed by atoms with E-state index >= 15 is 0 Å². The Kier molecular flexibility index (Phi) is 3.57. The second kappa shape index (κ2) is 5.51. The molecule has 0 fully saturated rings. The highest BCUT2D eigenvalue weighted by atomic mass is 35.5. The number of benzene rings is 2. The lowest BCUT2D eigenvalue weighted by molar-refractivity contribution is 0.111. The molecule has 0 saturated heterocycles. The average molecular weight is 284 g/mol. The second-order valence-electron chi connectivity index (χ2n) is 4.73. The highest BCUT2D eigenvalue weighted by Gasteiger charge is 2.14. The Morgan fingerprint density at radius 3 is 2.30 bits per heavy atom. The van der Waals surface area contributed by atoms with Crippen LogP contribution in [0.1, 0.15) is 16.1 Å². The smallest absolute Gasteiger partial charge is 0.167 e. The number of rotatable bonds is 4. The lowest BCUT2D eigenvalue weighted by atomic mass is 10.1. The zero-order chi connectivity index (χ0) is 13.9. The first-order chi connectivity index (χ1) is 9.81. The molecule has 0 aliphatic rings. The molecule has 100 valence electrons. The van der Waals surface area contributed by atoms with E-state index in [1.54, 1.807) is 0 Å². The molecule has 1 heterocycles. The Morgan fingerprint density at radius 2 is 1.60 bits per heavy atom. The number of halogens is 1. The monoisotopic (exact) mass is 283 g/mol. The number of nitrogens with zero attached hydrogens (tertiary/aromatic N) is 1. The fraction of sp³-hybridized carbons (Fsp3) is 0.118. The van der Waals surface area contributed by atoms with E-state index in [2.05, 4.69) is 12.1 Å². The number of carbonyl (C=O) groups is 1. The fourth-order valence-electron chi connectivity index (χ4n) is 2.51. The topological polar surface area (TPSA) is 22.0 Å². The molecule has 0 radical (unpaired) electrons. The Morgan fingerprint density at radius 1 is 0.950 bits per heavy atom. The van der Waals surface area contributed by atoms with E-state index in [1.807, 2.05) is 47.0 Å². The van der Waals surface area contributed by atoms with Gasteiger partial charge in [0.2, 0.25) is 0 Å². The summed E-state index contributed by atoms with van der Waals surface area (Å²) in [7, 11) is 0. The summed E-state index contributed by atoms with van der Waals surface area (Å²) in [4.78, 5) is 11.4. The van der Waals surface area contributed by atoms with Gasteiger partial charge in [-0.25, -0.2) is 0 Å². The maximum absolute atomic E-state index is 11.4. The first-order valence-electron chi connectivity index (χ1n) is 6.57. The predicted octanol–water partition coefficient (Wildman–Crippen LogP) is 4.35. The van der Waals surface area contributed by atoms with Crippen molar-refractivity contribution in [3.8, 4) is 0 Å². The van der Waals surface area contributed by atoms with E-state index in [9.17, 15) is 4.79 Å². The van der Waals surface area contributed by atoms with Crippen molar-refractivity contribution in [2.45, 2.75) is 13.0 Å². The maximum Gasteiger partial charge on any atom is 0.167 e. The van der Waals surface area contributed by atoms with E-state index < -0.39 is 0 Å². The van der Waals surface area contributed by atoms with Crippen molar-refractivity contribution in [3.63, 3.8) is 0 Å². The molecule has 0 saturated carbocycles. The van der Waals surface area contributed by atoms with Gasteiger partial charge in [-0.15, -0.1) is 0 Å². The van der Waals surface area contributed by atoms with Crippen LogP contribution in [0, 0.1) is 0 Å². The van der Waals surface area contributed by atoms with Crippen molar-refractivity contribution in [2.75, 3.05) is 0 Å². The van der Waals surface area contributed by atoms with Gasteiger partial charge < -0.3 is 4.57 Å². The quantitative estimate of drug-likeness (QED) is 0.653. The standard InChI is InChI=1S/C17H14ClNO/c18-17-15-9-5-4-8-14(15)16(12-20)19(17)11-10-13-6-2-1-3-7-13/h1-9,12H,10-11H2. The predicted molar refractivity (Wildman–Crippen MR) is 82.5 cm³/mol. The van der Waals surface area contributed by atoms with Gasteiger partial charge in [0.25, 0.3) is 0 Å². The molecule has 0 amide bonds. The highest BCUT2D eigenvalue weighted by molar-refractivity contribution is 6.35. The Labute approximate surface area is 122 Å². The lowest BCUT2D eigenvalue weighted by Crippen LogP contribution is -2.05. The Hall–Kier alpha value is -2.06. The zero-order valence-corrected chi connectivity index (χ0v) is 11.7. The molecule has 1 aromatic heterocycles. The minimum atomic E-state index is 0.638. The summed E-state index contributed by atoms with van der Waals surface area (Å²) in [6.45, 7) is 0.700. The average Bonchev–Trinajstić information content (AvgIpc) is 2.78. The molecular formula is C17H14ClNO. The van der Waals surface area contributed by atoms with Gasteiger partial charge in [0.05, 0.1) is 5.69 Å². The van der Waals surface area contributed by atoms with E-state index in [-0.39, 0.29) is 0 Å². The molecule has 3 rings (SSSR count). The van der Waals surface area contributed by atoms with Crippen LogP contribution in [0.2, 0.25) is 5.15 Å². The van der Waals surface area contributed by atoms with Gasteiger partial charge in [0, 0.05) is 17.3 Å². The first kappa shape index (κ1) is 12.9. The summed E-state index contributed by atoms with van der Waals surface area (Å²) in [6, 6.07) is 17.9. The van der Waals surface area contributed by atoms with Crippen LogP contribution < -0.4 is 0 Å². The number of hydrogen-bond acceptors (Lipinski definition) is 1. The summed E-state index contributed by atoms with van der Waals surface area (Å²) < 4.78 is 1.90. The van der Waals surface area contributed by atoms with Crippen molar-refractivity contribution >= 4 is 28.7 Å². The molecule has 2 nitrogen and oxygen atoms in total. The van der Waals surface area contributed by atoms with Crippen LogP contribution in [0.3, 0.4) is 0 Å². The third kappa shape index (κ3) is 2.23. The van der Waals surface area contributed by atoms with Crippen LogP contribution >= 0.6 is 11.6 Å². The van der Waals surface area contributed by atoms with Gasteiger partial charge in [0.15, 0.2) is 6.29 Å². The molecule has 3 aromatic rings. The molecule has 20 heavy (non-hydrogen) atoms. The molecule has 0 bridgehead atoms. The van der Waals surface area contributed by atoms with E-state index in [1.165, 1.54) is 5.56 Å². The highest BCUT2D eigenvalue weighted by Crippen LogP contribution is 2.29. The van der Waals surface area contributed by atoms with Gasteiger partial charge in [-0.3, -0.25) is 4.79 Å². The Balaban J connectivity index is 1.99. The largest absolute Gasteiger partial charge is 0.328 e. The third-order valence-electron chi connectivity index (χ3n) is 3.53. The third-order valence-corrected chi connectivity index (χ3v) is 3.94.